The summed E-state index contributed by atoms with van der Waals surface area (Å²) >= 11 is 0. The van der Waals surface area contributed by atoms with Crippen molar-refractivity contribution in [2.75, 3.05) is 44.1 Å². The molecule has 1 saturated heterocycles. The third kappa shape index (κ3) is 6.99. The molecule has 10 heteroatoms. The maximum Gasteiger partial charge on any atom is 0.289 e. The number of hydrogen-bond acceptors (Lipinski definition) is 7. The van der Waals surface area contributed by atoms with Gasteiger partial charge in [-0.15, -0.1) is 0 Å². The molecular formula is C30H38N4O5S. The molecule has 3 aromatic carbocycles. The molecule has 0 aromatic heterocycles. The predicted octanol–water partition coefficient (Wildman–Crippen LogP) is 4.96. The highest BCUT2D eigenvalue weighted by Crippen LogP contribution is 2.31. The van der Waals surface area contributed by atoms with Crippen molar-refractivity contribution in [3.8, 4) is 5.75 Å². The highest BCUT2D eigenvalue weighted by atomic mass is 32.2. The number of ether oxygens (including phenoxy) is 1. The molecule has 0 unspecified atom stereocenters. The number of anilines is 1. The minimum absolute atomic E-state index is 0.120. The van der Waals surface area contributed by atoms with Gasteiger partial charge in [-0.3, -0.25) is 24.2 Å². The second-order valence-corrected chi connectivity index (χ2v) is 12.8. The van der Waals surface area contributed by atoms with Crippen LogP contribution in [0.4, 0.5) is 11.4 Å². The summed E-state index contributed by atoms with van der Waals surface area (Å²) in [7, 11) is -2.69. The molecule has 0 aliphatic carbocycles. The Morgan fingerprint density at radius 1 is 0.900 bits per heavy atom. The van der Waals surface area contributed by atoms with E-state index in [0.29, 0.717) is 17.9 Å². The SMILES string of the molecule is COc1ccc(N(CCc2ccc(CN3CCN(C(C)(C)C)CC3)cc2)S(=O)(=O)c2ccccc2[N+](=O)[O-])cc1. The molecule has 0 radical (unpaired) electrons. The van der Waals surface area contributed by atoms with Gasteiger partial charge in [0.15, 0.2) is 4.90 Å². The van der Waals surface area contributed by atoms with E-state index >= 15 is 0 Å². The van der Waals surface area contributed by atoms with E-state index in [1.807, 2.05) is 12.1 Å². The van der Waals surface area contributed by atoms with E-state index in [9.17, 15) is 18.5 Å². The van der Waals surface area contributed by atoms with Crippen molar-refractivity contribution in [1.29, 1.82) is 0 Å². The first-order chi connectivity index (χ1) is 19.0. The lowest BCUT2D eigenvalue weighted by atomic mass is 10.0. The number of para-hydroxylation sites is 1. The molecule has 1 fully saturated rings. The Morgan fingerprint density at radius 2 is 1.50 bits per heavy atom. The maximum absolute atomic E-state index is 13.8. The second kappa shape index (κ2) is 12.4. The van der Waals surface area contributed by atoms with Crippen LogP contribution >= 0.6 is 0 Å². The molecular weight excluding hydrogens is 528 g/mol. The van der Waals surface area contributed by atoms with Gasteiger partial charge in [-0.25, -0.2) is 8.42 Å². The van der Waals surface area contributed by atoms with Gasteiger partial charge in [0.2, 0.25) is 0 Å². The first-order valence-corrected chi connectivity index (χ1v) is 14.9. The highest BCUT2D eigenvalue weighted by Gasteiger charge is 2.32. The summed E-state index contributed by atoms with van der Waals surface area (Å²) in [6.45, 7) is 11.9. The molecule has 0 amide bonds. The van der Waals surface area contributed by atoms with E-state index in [0.717, 1.165) is 38.3 Å². The first kappa shape index (κ1) is 29.5. The minimum Gasteiger partial charge on any atom is -0.497 e. The Labute approximate surface area is 237 Å². The van der Waals surface area contributed by atoms with Crippen LogP contribution in [0.1, 0.15) is 31.9 Å². The van der Waals surface area contributed by atoms with Crippen LogP contribution in [0.25, 0.3) is 0 Å². The van der Waals surface area contributed by atoms with Crippen LogP contribution in [0.2, 0.25) is 0 Å². The van der Waals surface area contributed by atoms with Crippen LogP contribution in [-0.4, -0.2) is 68.5 Å². The summed E-state index contributed by atoms with van der Waals surface area (Å²) < 4.78 is 34.0. The van der Waals surface area contributed by atoms with Gasteiger partial charge in [-0.05, 0) is 68.7 Å². The minimum atomic E-state index is -4.22. The van der Waals surface area contributed by atoms with Crippen molar-refractivity contribution in [3.63, 3.8) is 0 Å². The Balaban J connectivity index is 1.49. The third-order valence-corrected chi connectivity index (χ3v) is 9.22. The number of rotatable bonds is 10. The van der Waals surface area contributed by atoms with Gasteiger partial charge in [0.1, 0.15) is 5.75 Å². The standard InChI is InChI=1S/C30H38N4O5S/c1-30(2,3)32-21-19-31(20-22-32)23-25-11-9-24(10-12-25)17-18-33(26-13-15-27(39-4)16-14-26)40(37,38)29-8-6-5-7-28(29)34(35)36/h5-16H,17-23H2,1-4H3. The van der Waals surface area contributed by atoms with Crippen molar-refractivity contribution < 1.29 is 18.1 Å². The number of benzene rings is 3. The topological polar surface area (TPSA) is 96.2 Å². The van der Waals surface area contributed by atoms with Crippen LogP contribution in [0.5, 0.6) is 5.75 Å². The lowest BCUT2D eigenvalue weighted by Crippen LogP contribution is -2.53. The third-order valence-electron chi connectivity index (χ3n) is 7.34. The highest BCUT2D eigenvalue weighted by molar-refractivity contribution is 7.93. The molecule has 40 heavy (non-hydrogen) atoms. The van der Waals surface area contributed by atoms with Crippen LogP contribution in [0.15, 0.2) is 77.7 Å². The normalized spacial score (nSPS) is 15.1. The van der Waals surface area contributed by atoms with Crippen LogP contribution in [0.3, 0.4) is 0 Å². The van der Waals surface area contributed by atoms with Crippen LogP contribution < -0.4 is 9.04 Å². The smallest absolute Gasteiger partial charge is 0.289 e. The van der Waals surface area contributed by atoms with Crippen molar-refractivity contribution in [2.45, 2.75) is 44.2 Å². The van der Waals surface area contributed by atoms with Gasteiger partial charge >= 0.3 is 0 Å². The van der Waals surface area contributed by atoms with Crippen molar-refractivity contribution >= 4 is 21.4 Å². The van der Waals surface area contributed by atoms with E-state index in [1.54, 1.807) is 24.3 Å². The summed E-state index contributed by atoms with van der Waals surface area (Å²) in [5, 5.41) is 11.6. The van der Waals surface area contributed by atoms with E-state index < -0.39 is 20.6 Å². The van der Waals surface area contributed by atoms with E-state index in [2.05, 4.69) is 42.7 Å². The summed E-state index contributed by atoms with van der Waals surface area (Å²) in [6.07, 6.45) is 0.441. The fourth-order valence-corrected chi connectivity index (χ4v) is 6.58. The summed E-state index contributed by atoms with van der Waals surface area (Å²) in [5.74, 6) is 0.585. The zero-order chi connectivity index (χ0) is 28.9. The fourth-order valence-electron chi connectivity index (χ4n) is 4.96. The largest absolute Gasteiger partial charge is 0.497 e. The summed E-state index contributed by atoms with van der Waals surface area (Å²) in [6, 6.07) is 20.3. The lowest BCUT2D eigenvalue weighted by molar-refractivity contribution is -0.387. The van der Waals surface area contributed by atoms with Crippen molar-refractivity contribution in [3.05, 3.63) is 94.0 Å². The van der Waals surface area contributed by atoms with Gasteiger partial charge in [0, 0.05) is 50.9 Å². The van der Waals surface area contributed by atoms with Crippen molar-refractivity contribution in [1.82, 2.24) is 9.80 Å². The number of piperazine rings is 1. The van der Waals surface area contributed by atoms with Gasteiger partial charge in [-0.2, -0.15) is 0 Å². The fraction of sp³-hybridized carbons (Fsp3) is 0.400. The monoisotopic (exact) mass is 566 g/mol. The Kier molecular flexibility index (Phi) is 9.12. The lowest BCUT2D eigenvalue weighted by Gasteiger charge is -2.42. The Hall–Kier alpha value is -3.47. The van der Waals surface area contributed by atoms with Crippen molar-refractivity contribution in [2.24, 2.45) is 0 Å². The zero-order valence-electron chi connectivity index (χ0n) is 23.6. The summed E-state index contributed by atoms with van der Waals surface area (Å²) in [5.41, 5.74) is 2.34. The van der Waals surface area contributed by atoms with Gasteiger partial charge in [0.05, 0.1) is 17.7 Å². The Morgan fingerprint density at radius 3 is 2.08 bits per heavy atom. The number of nitrogens with zero attached hydrogens (tertiary/aromatic N) is 4. The number of methoxy groups -OCH3 is 1. The maximum atomic E-state index is 13.8. The van der Waals surface area contributed by atoms with E-state index in [-0.39, 0.29) is 17.0 Å². The molecule has 1 aliphatic rings. The molecule has 0 saturated carbocycles. The molecule has 0 N–H and O–H groups in total. The predicted molar refractivity (Wildman–Crippen MR) is 157 cm³/mol. The molecule has 1 aliphatic heterocycles. The molecule has 214 valence electrons. The van der Waals surface area contributed by atoms with Gasteiger partial charge < -0.3 is 4.74 Å². The molecule has 0 atom stereocenters. The molecule has 1 heterocycles. The number of nitro groups is 1. The number of hydrogen-bond donors (Lipinski definition) is 0. The Bertz CT molecular complexity index is 1400. The molecule has 4 rings (SSSR count). The summed E-state index contributed by atoms with van der Waals surface area (Å²) in [4.78, 5) is 15.6. The quantitative estimate of drug-likeness (QED) is 0.253. The first-order valence-electron chi connectivity index (χ1n) is 13.4. The van der Waals surface area contributed by atoms with E-state index in [1.165, 1.54) is 41.2 Å². The second-order valence-electron chi connectivity index (χ2n) is 11.0. The zero-order valence-corrected chi connectivity index (χ0v) is 24.4. The van der Waals surface area contributed by atoms with Gasteiger partial charge in [0.25, 0.3) is 15.7 Å². The average Bonchev–Trinajstić information content (AvgIpc) is 2.94. The van der Waals surface area contributed by atoms with Crippen LogP contribution in [0, 0.1) is 10.1 Å². The molecule has 3 aromatic rings. The molecule has 0 bridgehead atoms. The van der Waals surface area contributed by atoms with Gasteiger partial charge in [-0.1, -0.05) is 36.4 Å². The molecule has 9 nitrogen and oxygen atoms in total. The molecule has 0 spiro atoms. The number of nitro benzene ring substituents is 1. The average molecular weight is 567 g/mol. The van der Waals surface area contributed by atoms with Crippen LogP contribution in [-0.2, 0) is 23.0 Å². The number of sulfonamides is 1. The van der Waals surface area contributed by atoms with E-state index in [4.69, 9.17) is 4.74 Å².